The largest absolute Gasteiger partial charge is 0.461 e. The molecule has 0 heterocycles. The maximum atomic E-state index is 13.0. The van der Waals surface area contributed by atoms with Gasteiger partial charge in [0.25, 0.3) is 5.91 Å². The average molecular weight is 415 g/mol. The van der Waals surface area contributed by atoms with Crippen molar-refractivity contribution in [3.8, 4) is 0 Å². The number of ether oxygens (including phenoxy) is 1. The lowest BCUT2D eigenvalue weighted by molar-refractivity contribution is -0.153. The molecule has 2 aliphatic carbocycles. The quantitative estimate of drug-likeness (QED) is 0.256. The van der Waals surface area contributed by atoms with Gasteiger partial charge >= 0.3 is 5.97 Å². The van der Waals surface area contributed by atoms with Crippen molar-refractivity contribution < 1.29 is 19.5 Å². The molecule has 30 heavy (non-hydrogen) atoms. The van der Waals surface area contributed by atoms with E-state index in [0.29, 0.717) is 5.92 Å². The van der Waals surface area contributed by atoms with E-state index >= 15 is 0 Å². The summed E-state index contributed by atoms with van der Waals surface area (Å²) in [4.78, 5) is 24.2. The highest BCUT2D eigenvalue weighted by Crippen LogP contribution is 2.30. The molecule has 0 aliphatic heterocycles. The Kier molecular flexibility index (Phi) is 8.46. The predicted octanol–water partition coefficient (Wildman–Crippen LogP) is 4.29. The lowest BCUT2D eigenvalue weighted by atomic mass is 9.83. The number of esters is 1. The molecule has 0 spiro atoms. The Bertz CT molecular complexity index is 719. The summed E-state index contributed by atoms with van der Waals surface area (Å²) in [5.74, 6) is -0.324. The number of hydrogen-bond acceptors (Lipinski definition) is 5. The maximum absolute atomic E-state index is 13.0. The van der Waals surface area contributed by atoms with E-state index in [1.54, 1.807) is 11.6 Å². The van der Waals surface area contributed by atoms with Crippen LogP contribution in [0.25, 0.3) is 6.08 Å². The molecule has 164 valence electrons. The number of amides is 1. The van der Waals surface area contributed by atoms with E-state index in [4.69, 9.17) is 9.94 Å². The molecule has 3 N–H and O–H groups in total. The van der Waals surface area contributed by atoms with Gasteiger partial charge in [-0.1, -0.05) is 43.5 Å². The van der Waals surface area contributed by atoms with Crippen LogP contribution in [0.15, 0.2) is 30.3 Å². The summed E-state index contributed by atoms with van der Waals surface area (Å²) in [5.41, 5.74) is 3.51. The van der Waals surface area contributed by atoms with Crippen molar-refractivity contribution in [2.75, 3.05) is 0 Å². The summed E-state index contributed by atoms with van der Waals surface area (Å²) in [5, 5.41) is 12.1. The Balaban J connectivity index is 1.65. The van der Waals surface area contributed by atoms with Gasteiger partial charge in [0.05, 0.1) is 0 Å². The Labute approximate surface area is 179 Å². The zero-order valence-electron chi connectivity index (χ0n) is 17.8. The molecule has 6 heteroatoms. The molecule has 1 amide bonds. The van der Waals surface area contributed by atoms with Gasteiger partial charge in [-0.25, -0.2) is 5.48 Å². The van der Waals surface area contributed by atoms with E-state index in [2.05, 4.69) is 12.2 Å². The number of nitrogens with one attached hydrogen (secondary N) is 2. The number of benzene rings is 1. The van der Waals surface area contributed by atoms with Crippen molar-refractivity contribution in [2.24, 2.45) is 5.92 Å². The number of carbonyl (C=O) groups is 2. The summed E-state index contributed by atoms with van der Waals surface area (Å²) in [6.07, 6.45) is 13.0. The van der Waals surface area contributed by atoms with Crippen LogP contribution >= 0.6 is 0 Å². The first-order valence-corrected chi connectivity index (χ1v) is 11.3. The van der Waals surface area contributed by atoms with Gasteiger partial charge in [0, 0.05) is 12.1 Å². The predicted molar refractivity (Wildman–Crippen MR) is 116 cm³/mol. The molecular formula is C24H34N2O4. The first-order valence-electron chi connectivity index (χ1n) is 11.3. The highest BCUT2D eigenvalue weighted by molar-refractivity contribution is 5.90. The van der Waals surface area contributed by atoms with Crippen LogP contribution in [0.1, 0.15) is 81.9 Å². The highest BCUT2D eigenvalue weighted by Gasteiger charge is 2.33. The SMILES string of the molecule is CC(N[C@H](C(=O)OC1CCCC1)C1CCCCC1)c1ccc(/C=C/C(=O)NO)cc1. The Morgan fingerprint density at radius 3 is 2.30 bits per heavy atom. The van der Waals surface area contributed by atoms with Gasteiger partial charge in [-0.15, -0.1) is 0 Å². The summed E-state index contributed by atoms with van der Waals surface area (Å²) >= 11 is 0. The minimum atomic E-state index is -0.565. The van der Waals surface area contributed by atoms with Crippen LogP contribution in [-0.2, 0) is 14.3 Å². The average Bonchev–Trinajstić information content (AvgIpc) is 3.29. The number of hydrogen-bond donors (Lipinski definition) is 3. The zero-order valence-corrected chi connectivity index (χ0v) is 17.8. The molecule has 2 atom stereocenters. The Hall–Kier alpha value is -2.18. The van der Waals surface area contributed by atoms with Crippen molar-refractivity contribution >= 4 is 18.0 Å². The van der Waals surface area contributed by atoms with Crippen LogP contribution in [-0.4, -0.2) is 29.2 Å². The standard InChI is InChI=1S/C24H34N2O4/c1-17(19-14-11-18(12-15-19)13-16-22(27)26-29)25-23(20-7-3-2-4-8-20)24(28)30-21-9-5-6-10-21/h11-17,20-21,23,25,29H,2-10H2,1H3,(H,26,27)/b16-13+/t17?,23-/m0/s1. The summed E-state index contributed by atoms with van der Waals surface area (Å²) in [6, 6.07) is 7.56. The Morgan fingerprint density at radius 2 is 1.67 bits per heavy atom. The second kappa shape index (κ2) is 11.3. The number of hydroxylamine groups is 1. The van der Waals surface area contributed by atoms with Gasteiger partial charge in [-0.05, 0) is 68.6 Å². The van der Waals surface area contributed by atoms with Crippen LogP contribution in [0.4, 0.5) is 0 Å². The van der Waals surface area contributed by atoms with Gasteiger partial charge in [0.15, 0.2) is 0 Å². The van der Waals surface area contributed by atoms with Crippen molar-refractivity contribution in [1.29, 1.82) is 0 Å². The van der Waals surface area contributed by atoms with E-state index in [0.717, 1.165) is 49.7 Å². The highest BCUT2D eigenvalue weighted by atomic mass is 16.5. The van der Waals surface area contributed by atoms with Crippen LogP contribution < -0.4 is 10.8 Å². The third-order valence-electron chi connectivity index (χ3n) is 6.36. The second-order valence-electron chi connectivity index (χ2n) is 8.58. The molecule has 1 unspecified atom stereocenters. The molecule has 0 bridgehead atoms. The first-order chi connectivity index (χ1) is 14.6. The molecule has 2 aliphatic rings. The Morgan fingerprint density at radius 1 is 1.03 bits per heavy atom. The molecule has 3 rings (SSSR count). The van der Waals surface area contributed by atoms with Crippen LogP contribution in [0, 0.1) is 5.92 Å². The molecule has 2 fully saturated rings. The molecular weight excluding hydrogens is 380 g/mol. The maximum Gasteiger partial charge on any atom is 0.323 e. The molecule has 0 radical (unpaired) electrons. The third-order valence-corrected chi connectivity index (χ3v) is 6.36. The normalized spacial score (nSPS) is 20.2. The third kappa shape index (κ3) is 6.41. The van der Waals surface area contributed by atoms with Gasteiger partial charge in [-0.3, -0.25) is 20.1 Å². The van der Waals surface area contributed by atoms with Crippen LogP contribution in [0.3, 0.4) is 0 Å². The van der Waals surface area contributed by atoms with Crippen molar-refractivity contribution in [2.45, 2.75) is 82.9 Å². The second-order valence-corrected chi connectivity index (χ2v) is 8.58. The summed E-state index contributed by atoms with van der Waals surface area (Å²) in [7, 11) is 0. The van der Waals surface area contributed by atoms with Gasteiger partial charge < -0.3 is 4.74 Å². The minimum Gasteiger partial charge on any atom is -0.461 e. The fraction of sp³-hybridized carbons (Fsp3) is 0.583. The monoisotopic (exact) mass is 414 g/mol. The minimum absolute atomic E-state index is 0.00632. The topological polar surface area (TPSA) is 87.7 Å². The molecule has 1 aromatic carbocycles. The number of rotatable bonds is 8. The van der Waals surface area contributed by atoms with Gasteiger partial charge in [-0.2, -0.15) is 0 Å². The summed E-state index contributed by atoms with van der Waals surface area (Å²) in [6.45, 7) is 2.07. The van der Waals surface area contributed by atoms with Crippen LogP contribution in [0.5, 0.6) is 0 Å². The van der Waals surface area contributed by atoms with E-state index in [1.165, 1.54) is 25.3 Å². The summed E-state index contributed by atoms with van der Waals surface area (Å²) < 4.78 is 5.88. The van der Waals surface area contributed by atoms with Crippen molar-refractivity contribution in [1.82, 2.24) is 10.8 Å². The van der Waals surface area contributed by atoms with Crippen molar-refractivity contribution in [3.05, 3.63) is 41.5 Å². The van der Waals surface area contributed by atoms with Gasteiger partial charge in [0.1, 0.15) is 12.1 Å². The molecule has 6 nitrogen and oxygen atoms in total. The first kappa shape index (κ1) is 22.5. The smallest absolute Gasteiger partial charge is 0.323 e. The lowest BCUT2D eigenvalue weighted by Gasteiger charge is -2.32. The molecule has 0 saturated heterocycles. The van der Waals surface area contributed by atoms with E-state index in [9.17, 15) is 9.59 Å². The van der Waals surface area contributed by atoms with E-state index in [1.807, 2.05) is 24.3 Å². The molecule has 2 saturated carbocycles. The van der Waals surface area contributed by atoms with Crippen molar-refractivity contribution in [3.63, 3.8) is 0 Å². The molecule has 0 aromatic heterocycles. The lowest BCUT2D eigenvalue weighted by Crippen LogP contribution is -2.46. The van der Waals surface area contributed by atoms with Crippen LogP contribution in [0.2, 0.25) is 0 Å². The van der Waals surface area contributed by atoms with E-state index < -0.39 is 5.91 Å². The fourth-order valence-corrected chi connectivity index (χ4v) is 4.58. The van der Waals surface area contributed by atoms with E-state index in [-0.39, 0.29) is 24.2 Å². The molecule has 1 aromatic rings. The fourth-order valence-electron chi connectivity index (χ4n) is 4.58. The zero-order chi connectivity index (χ0) is 21.3. The van der Waals surface area contributed by atoms with Gasteiger partial charge in [0.2, 0.25) is 0 Å². The number of carbonyl (C=O) groups excluding carboxylic acids is 2.